The Morgan fingerprint density at radius 2 is 2.00 bits per heavy atom. The monoisotopic (exact) mass is 209 g/mol. The van der Waals surface area contributed by atoms with Crippen molar-refractivity contribution in [3.05, 3.63) is 35.4 Å². The van der Waals surface area contributed by atoms with E-state index in [1.54, 1.807) is 0 Å². The summed E-state index contributed by atoms with van der Waals surface area (Å²) in [5, 5.41) is 0. The average Bonchev–Trinajstić information content (AvgIpc) is 2.16. The molecule has 0 heterocycles. The molecule has 0 fully saturated rings. The highest BCUT2D eigenvalue weighted by atomic mass is 19.1. The van der Waals surface area contributed by atoms with Gasteiger partial charge in [0.25, 0.3) is 0 Å². The van der Waals surface area contributed by atoms with Crippen molar-refractivity contribution in [1.29, 1.82) is 0 Å². The molecule has 2 N–H and O–H groups in total. The second-order valence-corrected chi connectivity index (χ2v) is 5.01. The molecule has 0 spiro atoms. The lowest BCUT2D eigenvalue weighted by atomic mass is 9.85. The van der Waals surface area contributed by atoms with Crippen molar-refractivity contribution in [2.75, 3.05) is 6.54 Å². The van der Waals surface area contributed by atoms with Gasteiger partial charge < -0.3 is 5.73 Å². The summed E-state index contributed by atoms with van der Waals surface area (Å²) in [6.07, 6.45) is -0.111. The lowest BCUT2D eigenvalue weighted by Gasteiger charge is -2.24. The first-order valence-electron chi connectivity index (χ1n) is 5.38. The molecular formula is C13H20FN. The van der Waals surface area contributed by atoms with Crippen molar-refractivity contribution >= 4 is 0 Å². The molecule has 0 bridgehead atoms. The Kier molecular flexibility index (Phi) is 3.86. The summed E-state index contributed by atoms with van der Waals surface area (Å²) in [5.41, 5.74) is 7.00. The normalized spacial score (nSPS) is 13.9. The lowest BCUT2D eigenvalue weighted by molar-refractivity contribution is 0.165. The zero-order valence-corrected chi connectivity index (χ0v) is 9.76. The molecule has 0 aliphatic heterocycles. The summed E-state index contributed by atoms with van der Waals surface area (Å²) in [7, 11) is 0. The van der Waals surface area contributed by atoms with E-state index in [-0.39, 0.29) is 5.41 Å². The van der Waals surface area contributed by atoms with Crippen LogP contribution in [0.4, 0.5) is 4.39 Å². The highest BCUT2D eigenvalue weighted by Gasteiger charge is 2.25. The van der Waals surface area contributed by atoms with Crippen molar-refractivity contribution in [2.24, 2.45) is 11.1 Å². The van der Waals surface area contributed by atoms with E-state index in [9.17, 15) is 4.39 Å². The molecule has 0 radical (unpaired) electrons. The van der Waals surface area contributed by atoms with Crippen LogP contribution in [0.2, 0.25) is 0 Å². The first-order valence-corrected chi connectivity index (χ1v) is 5.38. The van der Waals surface area contributed by atoms with Gasteiger partial charge in [0, 0.05) is 0 Å². The van der Waals surface area contributed by atoms with Gasteiger partial charge >= 0.3 is 0 Å². The molecule has 1 rings (SSSR count). The predicted octanol–water partition coefficient (Wildman–Crippen LogP) is 3.24. The number of benzene rings is 1. The first-order chi connectivity index (χ1) is 6.95. The van der Waals surface area contributed by atoms with Crippen molar-refractivity contribution in [3.8, 4) is 0 Å². The van der Waals surface area contributed by atoms with E-state index >= 15 is 0 Å². The Hall–Kier alpha value is -0.890. The van der Waals surface area contributed by atoms with Crippen molar-refractivity contribution < 1.29 is 4.39 Å². The molecule has 0 saturated heterocycles. The average molecular weight is 209 g/mol. The molecule has 0 saturated carbocycles. The number of rotatable bonds is 3. The van der Waals surface area contributed by atoms with Crippen LogP contribution in [0.3, 0.4) is 0 Å². The van der Waals surface area contributed by atoms with Crippen LogP contribution in [-0.4, -0.2) is 6.54 Å². The predicted molar refractivity (Wildman–Crippen MR) is 62.5 cm³/mol. The van der Waals surface area contributed by atoms with Gasteiger partial charge in [-0.2, -0.15) is 0 Å². The van der Waals surface area contributed by atoms with Crippen molar-refractivity contribution in [3.63, 3.8) is 0 Å². The van der Waals surface area contributed by atoms with Gasteiger partial charge in [-0.15, -0.1) is 0 Å². The molecule has 0 aliphatic carbocycles. The van der Waals surface area contributed by atoms with Gasteiger partial charge in [0.1, 0.15) is 6.17 Å². The van der Waals surface area contributed by atoms with Crippen molar-refractivity contribution in [1.82, 2.24) is 0 Å². The van der Waals surface area contributed by atoms with Crippen LogP contribution in [0, 0.1) is 5.41 Å². The van der Waals surface area contributed by atoms with Crippen LogP contribution in [0.15, 0.2) is 24.3 Å². The smallest absolute Gasteiger partial charge is 0.130 e. The summed E-state index contributed by atoms with van der Waals surface area (Å²) in [5.74, 6) is 0. The Labute approximate surface area is 91.5 Å². The second-order valence-electron chi connectivity index (χ2n) is 5.01. The quantitative estimate of drug-likeness (QED) is 0.812. The molecule has 0 aliphatic rings. The van der Waals surface area contributed by atoms with Gasteiger partial charge in [-0.3, -0.25) is 0 Å². The summed E-state index contributed by atoms with van der Waals surface area (Å²) in [6.45, 7) is 6.34. The van der Waals surface area contributed by atoms with Crippen LogP contribution in [0.1, 0.15) is 38.1 Å². The van der Waals surface area contributed by atoms with E-state index in [0.29, 0.717) is 6.54 Å². The van der Waals surface area contributed by atoms with Gasteiger partial charge in [-0.1, -0.05) is 45.0 Å². The fourth-order valence-corrected chi connectivity index (χ4v) is 1.57. The van der Waals surface area contributed by atoms with Gasteiger partial charge in [0.2, 0.25) is 0 Å². The fourth-order valence-electron chi connectivity index (χ4n) is 1.57. The Bertz CT molecular complexity index is 315. The minimum absolute atomic E-state index is 0.346. The lowest BCUT2D eigenvalue weighted by Crippen LogP contribution is -2.14. The molecule has 2 heteroatoms. The first kappa shape index (κ1) is 12.2. The van der Waals surface area contributed by atoms with Crippen LogP contribution in [-0.2, 0) is 6.42 Å². The highest BCUT2D eigenvalue weighted by Crippen LogP contribution is 2.36. The van der Waals surface area contributed by atoms with Gasteiger partial charge in [0.15, 0.2) is 0 Å². The largest absolute Gasteiger partial charge is 0.330 e. The Morgan fingerprint density at radius 3 is 2.53 bits per heavy atom. The highest BCUT2D eigenvalue weighted by molar-refractivity contribution is 5.26. The maximum atomic E-state index is 14.0. The summed E-state index contributed by atoms with van der Waals surface area (Å²) >= 11 is 0. The third kappa shape index (κ3) is 3.31. The molecule has 0 aromatic heterocycles. The molecule has 15 heavy (non-hydrogen) atoms. The molecule has 0 amide bonds. The minimum Gasteiger partial charge on any atom is -0.330 e. The molecule has 1 unspecified atom stereocenters. The zero-order valence-electron chi connectivity index (χ0n) is 9.76. The topological polar surface area (TPSA) is 26.0 Å². The van der Waals surface area contributed by atoms with Crippen LogP contribution < -0.4 is 5.73 Å². The van der Waals surface area contributed by atoms with Gasteiger partial charge in [-0.05, 0) is 29.5 Å². The van der Waals surface area contributed by atoms with Gasteiger partial charge in [0.05, 0.1) is 0 Å². The summed E-state index contributed by atoms with van der Waals surface area (Å²) < 4.78 is 14.0. The molecule has 1 nitrogen and oxygen atoms in total. The Morgan fingerprint density at radius 1 is 1.33 bits per heavy atom. The minimum atomic E-state index is -0.921. The summed E-state index contributed by atoms with van der Waals surface area (Å²) in [6, 6.07) is 7.66. The van der Waals surface area contributed by atoms with E-state index in [2.05, 4.69) is 0 Å². The number of halogens is 1. The standard InChI is InChI=1S/C13H20FN/c1-13(2,3)12(14)11-6-4-5-10(9-11)7-8-15/h4-6,9,12H,7-8,15H2,1-3H3. The fraction of sp³-hybridized carbons (Fsp3) is 0.538. The van der Waals surface area contributed by atoms with Crippen LogP contribution in [0.25, 0.3) is 0 Å². The summed E-state index contributed by atoms with van der Waals surface area (Å²) in [4.78, 5) is 0. The number of hydrogen-bond acceptors (Lipinski definition) is 1. The van der Waals surface area contributed by atoms with Crippen molar-refractivity contribution in [2.45, 2.75) is 33.4 Å². The zero-order chi connectivity index (χ0) is 11.5. The van der Waals surface area contributed by atoms with Gasteiger partial charge in [-0.25, -0.2) is 4.39 Å². The number of hydrogen-bond donors (Lipinski definition) is 1. The van der Waals surface area contributed by atoms with E-state index in [0.717, 1.165) is 17.5 Å². The third-order valence-electron chi connectivity index (χ3n) is 2.44. The molecule has 1 atom stereocenters. The van der Waals surface area contributed by atoms with E-state index in [1.165, 1.54) is 0 Å². The number of alkyl halides is 1. The van der Waals surface area contributed by atoms with Crippen LogP contribution in [0.5, 0.6) is 0 Å². The third-order valence-corrected chi connectivity index (χ3v) is 2.44. The Balaban J connectivity index is 2.90. The van der Waals surface area contributed by atoms with E-state index < -0.39 is 6.17 Å². The van der Waals surface area contributed by atoms with E-state index in [1.807, 2.05) is 45.0 Å². The second kappa shape index (κ2) is 4.75. The SMILES string of the molecule is CC(C)(C)C(F)c1cccc(CCN)c1. The maximum Gasteiger partial charge on any atom is 0.130 e. The molecule has 1 aromatic carbocycles. The van der Waals surface area contributed by atoms with Crippen LogP contribution >= 0.6 is 0 Å². The van der Waals surface area contributed by atoms with E-state index in [4.69, 9.17) is 5.73 Å². The molecule has 84 valence electrons. The maximum absolute atomic E-state index is 14.0. The molecular weight excluding hydrogens is 189 g/mol. The number of nitrogens with two attached hydrogens (primary N) is 1. The molecule has 1 aromatic rings.